The summed E-state index contributed by atoms with van der Waals surface area (Å²) in [6.07, 6.45) is 2.97. The molecule has 1 atom stereocenters. The molecule has 108 valence electrons. The molecule has 6 nitrogen and oxygen atoms in total. The van der Waals surface area contributed by atoms with Crippen LogP contribution in [0.2, 0.25) is 5.02 Å². The predicted octanol–water partition coefficient (Wildman–Crippen LogP) is 0.966. The molecule has 0 radical (unpaired) electrons. The van der Waals surface area contributed by atoms with Gasteiger partial charge in [-0.05, 0) is 13.0 Å². The van der Waals surface area contributed by atoms with Crippen LogP contribution < -0.4 is 0 Å². The van der Waals surface area contributed by atoms with Crippen molar-refractivity contribution in [2.24, 2.45) is 0 Å². The smallest absolute Gasteiger partial charge is 0.320 e. The lowest BCUT2D eigenvalue weighted by Crippen LogP contribution is -2.53. The summed E-state index contributed by atoms with van der Waals surface area (Å²) in [6.45, 7) is 3.73. The maximum Gasteiger partial charge on any atom is 0.320 e. The Labute approximate surface area is 122 Å². The lowest BCUT2D eigenvalue weighted by atomic mass is 10.2. The first-order chi connectivity index (χ1) is 9.50. The van der Waals surface area contributed by atoms with Gasteiger partial charge in [0.15, 0.2) is 0 Å². The molecule has 1 aliphatic heterocycles. The minimum atomic E-state index is -0.845. The minimum Gasteiger partial charge on any atom is -0.480 e. The van der Waals surface area contributed by atoms with E-state index in [2.05, 4.69) is 4.98 Å². The normalized spacial score (nSPS) is 17.8. The zero-order valence-corrected chi connectivity index (χ0v) is 11.9. The largest absolute Gasteiger partial charge is 0.480 e. The van der Waals surface area contributed by atoms with E-state index in [4.69, 9.17) is 16.7 Å². The number of halogens is 1. The third-order valence-electron chi connectivity index (χ3n) is 3.51. The topological polar surface area (TPSA) is 73.7 Å². The van der Waals surface area contributed by atoms with Gasteiger partial charge in [0.25, 0.3) is 5.91 Å². The Morgan fingerprint density at radius 1 is 1.35 bits per heavy atom. The first kappa shape index (κ1) is 14.7. The number of carbonyl (C=O) groups is 2. The summed E-state index contributed by atoms with van der Waals surface area (Å²) in [7, 11) is 0. The molecule has 1 saturated heterocycles. The number of carboxylic acids is 1. The van der Waals surface area contributed by atoms with E-state index in [0.717, 1.165) is 0 Å². The molecule has 0 aromatic carbocycles. The van der Waals surface area contributed by atoms with Crippen LogP contribution in [0.15, 0.2) is 18.5 Å². The van der Waals surface area contributed by atoms with Crippen LogP contribution in [0, 0.1) is 0 Å². The highest BCUT2D eigenvalue weighted by Crippen LogP contribution is 2.17. The Balaban J connectivity index is 1.99. The predicted molar refractivity (Wildman–Crippen MR) is 73.8 cm³/mol. The first-order valence-corrected chi connectivity index (χ1v) is 6.74. The van der Waals surface area contributed by atoms with Crippen molar-refractivity contribution in [2.75, 3.05) is 26.2 Å². The van der Waals surface area contributed by atoms with E-state index in [1.54, 1.807) is 17.9 Å². The number of hydrogen-bond donors (Lipinski definition) is 1. The summed E-state index contributed by atoms with van der Waals surface area (Å²) in [4.78, 5) is 30.6. The fraction of sp³-hybridized carbons (Fsp3) is 0.462. The first-order valence-electron chi connectivity index (χ1n) is 6.36. The van der Waals surface area contributed by atoms with Gasteiger partial charge in [0, 0.05) is 38.6 Å². The van der Waals surface area contributed by atoms with E-state index in [1.165, 1.54) is 12.4 Å². The van der Waals surface area contributed by atoms with Crippen LogP contribution >= 0.6 is 11.6 Å². The highest BCUT2D eigenvalue weighted by atomic mass is 35.5. The van der Waals surface area contributed by atoms with Gasteiger partial charge in [-0.25, -0.2) is 0 Å². The van der Waals surface area contributed by atoms with Gasteiger partial charge in [0.1, 0.15) is 6.04 Å². The van der Waals surface area contributed by atoms with Crippen LogP contribution in [0.3, 0.4) is 0 Å². The molecule has 1 aromatic rings. The average molecular weight is 298 g/mol. The van der Waals surface area contributed by atoms with Crippen LogP contribution in [0.25, 0.3) is 0 Å². The molecule has 1 fully saturated rings. The second-order valence-corrected chi connectivity index (χ2v) is 5.11. The van der Waals surface area contributed by atoms with E-state index < -0.39 is 12.0 Å². The van der Waals surface area contributed by atoms with Crippen LogP contribution in [0.1, 0.15) is 17.3 Å². The average Bonchev–Trinajstić information content (AvgIpc) is 2.46. The third-order valence-corrected chi connectivity index (χ3v) is 3.81. The van der Waals surface area contributed by atoms with Gasteiger partial charge in [-0.15, -0.1) is 0 Å². The molecule has 1 N–H and O–H groups in total. The zero-order chi connectivity index (χ0) is 14.7. The van der Waals surface area contributed by atoms with Gasteiger partial charge in [0.2, 0.25) is 0 Å². The summed E-state index contributed by atoms with van der Waals surface area (Å²) >= 11 is 5.96. The molecule has 2 rings (SSSR count). The van der Waals surface area contributed by atoms with Crippen molar-refractivity contribution >= 4 is 23.5 Å². The van der Waals surface area contributed by atoms with Gasteiger partial charge < -0.3 is 10.0 Å². The Morgan fingerprint density at radius 3 is 2.55 bits per heavy atom. The van der Waals surface area contributed by atoms with Gasteiger partial charge in [-0.1, -0.05) is 11.6 Å². The van der Waals surface area contributed by atoms with Crippen LogP contribution in [0.5, 0.6) is 0 Å². The lowest BCUT2D eigenvalue weighted by Gasteiger charge is -2.36. The SMILES string of the molecule is CC(C(=O)O)N1CCN(C(=O)c2ccncc2Cl)CC1. The molecule has 1 aliphatic rings. The van der Waals surface area contributed by atoms with Gasteiger partial charge >= 0.3 is 5.97 Å². The quantitative estimate of drug-likeness (QED) is 0.900. The van der Waals surface area contributed by atoms with Gasteiger partial charge in [-0.3, -0.25) is 19.5 Å². The van der Waals surface area contributed by atoms with E-state index in [1.807, 2.05) is 4.90 Å². The van der Waals surface area contributed by atoms with Crippen molar-refractivity contribution in [3.8, 4) is 0 Å². The number of aliphatic carboxylic acids is 1. The van der Waals surface area contributed by atoms with Crippen LogP contribution in [-0.4, -0.2) is 64.0 Å². The second-order valence-electron chi connectivity index (χ2n) is 4.70. The van der Waals surface area contributed by atoms with Gasteiger partial charge in [-0.2, -0.15) is 0 Å². The Hall–Kier alpha value is -1.66. The number of hydrogen-bond acceptors (Lipinski definition) is 4. The molecule has 1 aromatic heterocycles. The fourth-order valence-electron chi connectivity index (χ4n) is 2.19. The van der Waals surface area contributed by atoms with E-state index in [0.29, 0.717) is 36.8 Å². The second kappa shape index (κ2) is 6.19. The standard InChI is InChI=1S/C13H16ClN3O3/c1-9(13(19)20)16-4-6-17(7-5-16)12(18)10-2-3-15-8-11(10)14/h2-3,8-9H,4-7H2,1H3,(H,19,20). The molecule has 2 heterocycles. The van der Waals surface area contributed by atoms with Crippen molar-refractivity contribution in [3.05, 3.63) is 29.0 Å². The number of aromatic nitrogens is 1. The molecule has 1 amide bonds. The highest BCUT2D eigenvalue weighted by Gasteiger charge is 2.28. The summed E-state index contributed by atoms with van der Waals surface area (Å²) in [6, 6.07) is 1.06. The van der Waals surface area contributed by atoms with Crippen molar-refractivity contribution in [1.29, 1.82) is 0 Å². The van der Waals surface area contributed by atoms with Crippen molar-refractivity contribution in [3.63, 3.8) is 0 Å². The molecular weight excluding hydrogens is 282 g/mol. The number of rotatable bonds is 3. The number of carbonyl (C=O) groups excluding carboxylic acids is 1. The summed E-state index contributed by atoms with van der Waals surface area (Å²) in [5.41, 5.74) is 0.432. The molecular formula is C13H16ClN3O3. The molecule has 7 heteroatoms. The van der Waals surface area contributed by atoms with Crippen LogP contribution in [-0.2, 0) is 4.79 Å². The summed E-state index contributed by atoms with van der Waals surface area (Å²) < 4.78 is 0. The number of piperazine rings is 1. The maximum atomic E-state index is 12.3. The lowest BCUT2D eigenvalue weighted by molar-refractivity contribution is -0.143. The minimum absolute atomic E-state index is 0.139. The van der Waals surface area contributed by atoms with E-state index >= 15 is 0 Å². The summed E-state index contributed by atoms with van der Waals surface area (Å²) in [5, 5.41) is 9.31. The highest BCUT2D eigenvalue weighted by molar-refractivity contribution is 6.33. The fourth-order valence-corrected chi connectivity index (χ4v) is 2.39. The maximum absolute atomic E-state index is 12.3. The molecule has 0 spiro atoms. The molecule has 0 saturated carbocycles. The van der Waals surface area contributed by atoms with E-state index in [-0.39, 0.29) is 5.91 Å². The van der Waals surface area contributed by atoms with Crippen molar-refractivity contribution in [1.82, 2.24) is 14.8 Å². The zero-order valence-electron chi connectivity index (χ0n) is 11.1. The Morgan fingerprint density at radius 2 is 2.00 bits per heavy atom. The number of carboxylic acid groups (broad SMARTS) is 1. The van der Waals surface area contributed by atoms with Crippen molar-refractivity contribution in [2.45, 2.75) is 13.0 Å². The molecule has 20 heavy (non-hydrogen) atoms. The number of pyridine rings is 1. The summed E-state index contributed by atoms with van der Waals surface area (Å²) in [5.74, 6) is -0.984. The Bertz CT molecular complexity index is 515. The van der Waals surface area contributed by atoms with E-state index in [9.17, 15) is 9.59 Å². The number of nitrogens with zero attached hydrogens (tertiary/aromatic N) is 3. The number of amides is 1. The monoisotopic (exact) mass is 297 g/mol. The molecule has 0 bridgehead atoms. The molecule has 0 aliphatic carbocycles. The van der Waals surface area contributed by atoms with Gasteiger partial charge in [0.05, 0.1) is 10.6 Å². The third kappa shape index (κ3) is 3.08. The molecule has 1 unspecified atom stereocenters. The van der Waals surface area contributed by atoms with Crippen LogP contribution in [0.4, 0.5) is 0 Å². The van der Waals surface area contributed by atoms with Crippen molar-refractivity contribution < 1.29 is 14.7 Å². The Kier molecular flexibility index (Phi) is 4.57.